The summed E-state index contributed by atoms with van der Waals surface area (Å²) in [7, 11) is 0. The molecule has 4 unspecified atom stereocenters. The number of hydrogen-bond acceptors (Lipinski definition) is 3. The van der Waals surface area contributed by atoms with Gasteiger partial charge in [-0.1, -0.05) is 12.8 Å². The minimum absolute atomic E-state index is 0.112. The fourth-order valence-corrected chi connectivity index (χ4v) is 3.08. The molecule has 3 rings (SSSR count). The molecule has 0 spiro atoms. The second-order valence-electron chi connectivity index (χ2n) is 5.30. The molecule has 0 aromatic carbocycles. The number of amides is 1. The molecule has 4 heteroatoms. The molecule has 1 saturated heterocycles. The van der Waals surface area contributed by atoms with Crippen molar-refractivity contribution in [3.05, 3.63) is 0 Å². The summed E-state index contributed by atoms with van der Waals surface area (Å²) in [5.41, 5.74) is 5.76. The summed E-state index contributed by atoms with van der Waals surface area (Å²) < 4.78 is 5.76. The number of hydrogen-bond donors (Lipinski definition) is 1. The van der Waals surface area contributed by atoms with E-state index >= 15 is 0 Å². The van der Waals surface area contributed by atoms with Crippen LogP contribution in [0.4, 0.5) is 0 Å². The Kier molecular flexibility index (Phi) is 2.64. The minimum Gasteiger partial charge on any atom is -0.374 e. The van der Waals surface area contributed by atoms with E-state index in [1.807, 2.05) is 0 Å². The largest absolute Gasteiger partial charge is 0.374 e. The number of rotatable bonds is 1. The molecule has 0 radical (unpaired) electrons. The molecule has 1 amide bonds. The predicted molar refractivity (Wildman–Crippen MR) is 59.8 cm³/mol. The predicted octanol–water partition coefficient (Wildman–Crippen LogP) is 0.504. The molecule has 0 aromatic heterocycles. The molecule has 16 heavy (non-hydrogen) atoms. The van der Waals surface area contributed by atoms with Crippen LogP contribution < -0.4 is 5.73 Å². The Balaban J connectivity index is 1.70. The van der Waals surface area contributed by atoms with Crippen LogP contribution in [-0.4, -0.2) is 42.1 Å². The van der Waals surface area contributed by atoms with Crippen molar-refractivity contribution in [2.75, 3.05) is 13.2 Å². The molecular weight excluding hydrogens is 204 g/mol. The SMILES string of the molecule is NC1CC1C(=O)N1CCOC2CCCCC21. The highest BCUT2D eigenvalue weighted by Crippen LogP contribution is 2.35. The lowest BCUT2D eigenvalue weighted by atomic mass is 9.90. The lowest BCUT2D eigenvalue weighted by Crippen LogP contribution is -2.55. The fraction of sp³-hybridized carbons (Fsp3) is 0.917. The third-order valence-corrected chi connectivity index (χ3v) is 4.17. The van der Waals surface area contributed by atoms with Crippen molar-refractivity contribution in [2.24, 2.45) is 11.7 Å². The van der Waals surface area contributed by atoms with Crippen LogP contribution in [0, 0.1) is 5.92 Å². The molecule has 3 aliphatic rings. The number of fused-ring (bicyclic) bond motifs is 1. The van der Waals surface area contributed by atoms with Crippen molar-refractivity contribution < 1.29 is 9.53 Å². The summed E-state index contributed by atoms with van der Waals surface area (Å²) >= 11 is 0. The zero-order valence-corrected chi connectivity index (χ0v) is 9.60. The van der Waals surface area contributed by atoms with Gasteiger partial charge in [0.1, 0.15) is 0 Å². The van der Waals surface area contributed by atoms with Gasteiger partial charge >= 0.3 is 0 Å². The molecular formula is C12H20N2O2. The Bertz CT molecular complexity index is 293. The van der Waals surface area contributed by atoms with Crippen LogP contribution in [0.1, 0.15) is 32.1 Å². The van der Waals surface area contributed by atoms with Crippen LogP contribution in [0.3, 0.4) is 0 Å². The average molecular weight is 224 g/mol. The van der Waals surface area contributed by atoms with Crippen molar-refractivity contribution in [3.63, 3.8) is 0 Å². The first kappa shape index (κ1) is 10.5. The van der Waals surface area contributed by atoms with E-state index in [1.54, 1.807) is 0 Å². The van der Waals surface area contributed by atoms with Gasteiger partial charge in [-0.25, -0.2) is 0 Å². The van der Waals surface area contributed by atoms with Crippen molar-refractivity contribution in [1.82, 2.24) is 4.90 Å². The van der Waals surface area contributed by atoms with Crippen molar-refractivity contribution in [3.8, 4) is 0 Å². The Morgan fingerprint density at radius 2 is 2.06 bits per heavy atom. The van der Waals surface area contributed by atoms with Gasteiger partial charge in [0.25, 0.3) is 0 Å². The first-order chi connectivity index (χ1) is 7.77. The molecule has 4 atom stereocenters. The van der Waals surface area contributed by atoms with E-state index in [2.05, 4.69) is 4.90 Å². The van der Waals surface area contributed by atoms with Crippen LogP contribution in [-0.2, 0) is 9.53 Å². The second-order valence-corrected chi connectivity index (χ2v) is 5.30. The van der Waals surface area contributed by atoms with Gasteiger partial charge in [-0.2, -0.15) is 0 Å². The van der Waals surface area contributed by atoms with Crippen molar-refractivity contribution >= 4 is 5.91 Å². The van der Waals surface area contributed by atoms with Crippen LogP contribution in [0.15, 0.2) is 0 Å². The highest BCUT2D eigenvalue weighted by molar-refractivity contribution is 5.82. The highest BCUT2D eigenvalue weighted by atomic mass is 16.5. The van der Waals surface area contributed by atoms with E-state index in [-0.39, 0.29) is 17.9 Å². The Morgan fingerprint density at radius 1 is 1.31 bits per heavy atom. The molecule has 1 aliphatic heterocycles. The maximum Gasteiger partial charge on any atom is 0.227 e. The summed E-state index contributed by atoms with van der Waals surface area (Å²) in [5.74, 6) is 0.397. The first-order valence-corrected chi connectivity index (χ1v) is 6.45. The Morgan fingerprint density at radius 3 is 2.81 bits per heavy atom. The van der Waals surface area contributed by atoms with Gasteiger partial charge in [0.15, 0.2) is 0 Å². The van der Waals surface area contributed by atoms with Crippen LogP contribution in [0.5, 0.6) is 0 Å². The second kappa shape index (κ2) is 4.00. The standard InChI is InChI=1S/C12H20N2O2/c13-9-7-8(9)12(15)14-5-6-16-11-4-2-1-3-10(11)14/h8-11H,1-7,13H2. The summed E-state index contributed by atoms with van der Waals surface area (Å²) in [6, 6.07) is 0.459. The third-order valence-electron chi connectivity index (χ3n) is 4.17. The normalized spacial score (nSPS) is 42.7. The van der Waals surface area contributed by atoms with Gasteiger partial charge < -0.3 is 15.4 Å². The minimum atomic E-state index is 0.112. The quantitative estimate of drug-likeness (QED) is 0.706. The lowest BCUT2D eigenvalue weighted by Gasteiger charge is -2.44. The number of morpholine rings is 1. The molecule has 0 aromatic rings. The van der Waals surface area contributed by atoms with E-state index in [0.29, 0.717) is 18.8 Å². The highest BCUT2D eigenvalue weighted by Gasteiger charge is 2.46. The van der Waals surface area contributed by atoms with E-state index < -0.39 is 0 Å². The maximum atomic E-state index is 12.2. The number of nitrogens with zero attached hydrogens (tertiary/aromatic N) is 1. The number of ether oxygens (including phenoxy) is 1. The smallest absolute Gasteiger partial charge is 0.227 e. The van der Waals surface area contributed by atoms with Crippen molar-refractivity contribution in [2.45, 2.75) is 50.3 Å². The fourth-order valence-electron chi connectivity index (χ4n) is 3.08. The van der Waals surface area contributed by atoms with Gasteiger partial charge in [-0.3, -0.25) is 4.79 Å². The molecule has 2 N–H and O–H groups in total. The topological polar surface area (TPSA) is 55.6 Å². The Hall–Kier alpha value is -0.610. The van der Waals surface area contributed by atoms with Gasteiger partial charge in [0, 0.05) is 12.6 Å². The monoisotopic (exact) mass is 224 g/mol. The number of carbonyl (C=O) groups excluding carboxylic acids is 1. The van der Waals surface area contributed by atoms with Gasteiger partial charge in [0.2, 0.25) is 5.91 Å². The van der Waals surface area contributed by atoms with E-state index in [4.69, 9.17) is 10.5 Å². The molecule has 2 saturated carbocycles. The summed E-state index contributed by atoms with van der Waals surface area (Å²) in [6.07, 6.45) is 5.87. The number of nitrogens with two attached hydrogens (primary N) is 1. The lowest BCUT2D eigenvalue weighted by molar-refractivity contribution is -0.151. The molecule has 1 heterocycles. The number of carbonyl (C=O) groups is 1. The van der Waals surface area contributed by atoms with E-state index in [1.165, 1.54) is 12.8 Å². The van der Waals surface area contributed by atoms with Crippen LogP contribution in [0.25, 0.3) is 0 Å². The Labute approximate surface area is 96.1 Å². The zero-order valence-electron chi connectivity index (χ0n) is 9.60. The molecule has 4 nitrogen and oxygen atoms in total. The third kappa shape index (κ3) is 1.74. The van der Waals surface area contributed by atoms with Crippen LogP contribution in [0.2, 0.25) is 0 Å². The van der Waals surface area contributed by atoms with Crippen LogP contribution >= 0.6 is 0 Å². The summed E-state index contributed by atoms with van der Waals surface area (Å²) in [4.78, 5) is 14.3. The average Bonchev–Trinajstić information content (AvgIpc) is 3.05. The van der Waals surface area contributed by atoms with E-state index in [0.717, 1.165) is 25.8 Å². The summed E-state index contributed by atoms with van der Waals surface area (Å²) in [5, 5.41) is 0. The summed E-state index contributed by atoms with van der Waals surface area (Å²) in [6.45, 7) is 1.47. The molecule has 0 bridgehead atoms. The zero-order chi connectivity index (χ0) is 11.1. The molecule has 3 fully saturated rings. The van der Waals surface area contributed by atoms with Gasteiger partial charge in [-0.05, 0) is 19.3 Å². The maximum absolute atomic E-state index is 12.2. The first-order valence-electron chi connectivity index (χ1n) is 6.45. The molecule has 90 valence electrons. The van der Waals surface area contributed by atoms with E-state index in [9.17, 15) is 4.79 Å². The van der Waals surface area contributed by atoms with Gasteiger partial charge in [-0.15, -0.1) is 0 Å². The molecule has 2 aliphatic carbocycles. The van der Waals surface area contributed by atoms with Gasteiger partial charge in [0.05, 0.1) is 24.7 Å². The van der Waals surface area contributed by atoms with Crippen molar-refractivity contribution in [1.29, 1.82) is 0 Å².